The van der Waals surface area contributed by atoms with Gasteiger partial charge in [0.25, 0.3) is 0 Å². The Balaban J connectivity index is 1.89. The summed E-state index contributed by atoms with van der Waals surface area (Å²) in [5.74, 6) is -1.16. The quantitative estimate of drug-likeness (QED) is 0.457. The average Bonchev–Trinajstić information content (AvgIpc) is 3.31. The van der Waals surface area contributed by atoms with Crippen molar-refractivity contribution in [1.82, 2.24) is 0 Å². The van der Waals surface area contributed by atoms with Crippen LogP contribution in [-0.4, -0.2) is 20.5 Å². The minimum Gasteiger partial charge on any atom is -0.493 e. The standard InChI is InChI=1S/C15H12F4O4S/c16-14-12-5-4-11(22-8-9-1-2-9)7-10(12)3-6-13(14)23-24(20,21)15(17,18)19/h3-7,9H,1-2,8H2. The van der Waals surface area contributed by atoms with Gasteiger partial charge in [-0.05, 0) is 48.4 Å². The second-order valence-electron chi connectivity index (χ2n) is 5.50. The van der Waals surface area contributed by atoms with Gasteiger partial charge in [0.1, 0.15) is 5.75 Å². The van der Waals surface area contributed by atoms with Crippen LogP contribution in [0.4, 0.5) is 17.6 Å². The zero-order chi connectivity index (χ0) is 17.5. The van der Waals surface area contributed by atoms with Crippen molar-refractivity contribution in [3.63, 3.8) is 0 Å². The second-order valence-corrected chi connectivity index (χ2v) is 7.04. The summed E-state index contributed by atoms with van der Waals surface area (Å²) >= 11 is 0. The Kier molecular flexibility index (Phi) is 4.06. The molecule has 0 spiro atoms. The van der Waals surface area contributed by atoms with Gasteiger partial charge in [-0.15, -0.1) is 0 Å². The Bertz CT molecular complexity index is 873. The molecule has 0 saturated heterocycles. The number of halogens is 4. The lowest BCUT2D eigenvalue weighted by Gasteiger charge is -2.12. The van der Waals surface area contributed by atoms with Gasteiger partial charge >= 0.3 is 15.6 Å². The zero-order valence-corrected chi connectivity index (χ0v) is 13.0. The number of fused-ring (bicyclic) bond motifs is 1. The molecule has 2 aromatic carbocycles. The number of benzene rings is 2. The lowest BCUT2D eigenvalue weighted by atomic mass is 10.1. The van der Waals surface area contributed by atoms with E-state index in [4.69, 9.17) is 4.74 Å². The summed E-state index contributed by atoms with van der Waals surface area (Å²) in [4.78, 5) is 0. The third kappa shape index (κ3) is 3.40. The molecule has 1 aliphatic carbocycles. The van der Waals surface area contributed by atoms with E-state index in [2.05, 4.69) is 4.18 Å². The van der Waals surface area contributed by atoms with E-state index in [0.29, 0.717) is 23.7 Å². The first-order valence-corrected chi connectivity index (χ1v) is 8.44. The smallest absolute Gasteiger partial charge is 0.493 e. The van der Waals surface area contributed by atoms with Gasteiger partial charge in [0.2, 0.25) is 0 Å². The maximum atomic E-state index is 14.2. The van der Waals surface area contributed by atoms with Crippen LogP contribution in [0.25, 0.3) is 10.8 Å². The summed E-state index contributed by atoms with van der Waals surface area (Å²) in [7, 11) is -5.93. The molecule has 0 atom stereocenters. The van der Waals surface area contributed by atoms with Crippen molar-refractivity contribution in [3.8, 4) is 11.5 Å². The molecule has 0 amide bonds. The first kappa shape index (κ1) is 16.8. The molecule has 2 aromatic rings. The molecule has 9 heteroatoms. The van der Waals surface area contributed by atoms with Crippen molar-refractivity contribution in [3.05, 3.63) is 36.1 Å². The molecular weight excluding hydrogens is 352 g/mol. The normalized spacial score (nSPS) is 15.5. The van der Waals surface area contributed by atoms with Crippen molar-refractivity contribution in [2.75, 3.05) is 6.61 Å². The van der Waals surface area contributed by atoms with E-state index in [1.807, 2.05) is 0 Å². The molecule has 0 aromatic heterocycles. The molecule has 1 fully saturated rings. The first-order valence-electron chi connectivity index (χ1n) is 7.03. The maximum absolute atomic E-state index is 14.2. The van der Waals surface area contributed by atoms with E-state index < -0.39 is 27.2 Å². The molecule has 3 rings (SSSR count). The third-order valence-corrected chi connectivity index (χ3v) is 4.52. The second kappa shape index (κ2) is 5.80. The summed E-state index contributed by atoms with van der Waals surface area (Å²) in [6.45, 7) is 0.555. The summed E-state index contributed by atoms with van der Waals surface area (Å²) < 4.78 is 82.6. The van der Waals surface area contributed by atoms with Crippen LogP contribution in [0.1, 0.15) is 12.8 Å². The van der Waals surface area contributed by atoms with E-state index in [-0.39, 0.29) is 5.39 Å². The zero-order valence-electron chi connectivity index (χ0n) is 12.1. The molecule has 0 aliphatic heterocycles. The van der Waals surface area contributed by atoms with Gasteiger partial charge in [0.05, 0.1) is 6.61 Å². The fourth-order valence-electron chi connectivity index (χ4n) is 2.07. The van der Waals surface area contributed by atoms with E-state index in [1.54, 1.807) is 0 Å². The maximum Gasteiger partial charge on any atom is 0.534 e. The highest BCUT2D eigenvalue weighted by Crippen LogP contribution is 2.34. The Morgan fingerprint density at radius 2 is 1.83 bits per heavy atom. The van der Waals surface area contributed by atoms with Gasteiger partial charge in [-0.3, -0.25) is 0 Å². The van der Waals surface area contributed by atoms with Crippen molar-refractivity contribution in [2.24, 2.45) is 5.92 Å². The van der Waals surface area contributed by atoms with Crippen LogP contribution in [0.2, 0.25) is 0 Å². The van der Waals surface area contributed by atoms with Crippen LogP contribution < -0.4 is 8.92 Å². The van der Waals surface area contributed by atoms with Crippen LogP contribution in [0.5, 0.6) is 11.5 Å². The molecular formula is C15H12F4O4S. The summed E-state index contributed by atoms with van der Waals surface area (Å²) in [5.41, 5.74) is -5.63. The van der Waals surface area contributed by atoms with E-state index in [1.165, 1.54) is 24.3 Å². The van der Waals surface area contributed by atoms with Crippen molar-refractivity contribution in [1.29, 1.82) is 0 Å². The highest BCUT2D eigenvalue weighted by molar-refractivity contribution is 7.88. The molecule has 24 heavy (non-hydrogen) atoms. The Morgan fingerprint density at radius 1 is 1.12 bits per heavy atom. The van der Waals surface area contributed by atoms with Crippen molar-refractivity contribution in [2.45, 2.75) is 18.3 Å². The summed E-state index contributed by atoms with van der Waals surface area (Å²) in [6, 6.07) is 6.41. The molecule has 1 aliphatic rings. The largest absolute Gasteiger partial charge is 0.534 e. The summed E-state index contributed by atoms with van der Waals surface area (Å²) in [5, 5.41) is 0.293. The highest BCUT2D eigenvalue weighted by atomic mass is 32.2. The number of rotatable bonds is 5. The van der Waals surface area contributed by atoms with Crippen LogP contribution in [0.15, 0.2) is 30.3 Å². The van der Waals surface area contributed by atoms with Gasteiger partial charge in [0.15, 0.2) is 11.6 Å². The van der Waals surface area contributed by atoms with Gasteiger partial charge in [0, 0.05) is 5.39 Å². The lowest BCUT2D eigenvalue weighted by molar-refractivity contribution is -0.0500. The highest BCUT2D eigenvalue weighted by Gasteiger charge is 2.49. The van der Waals surface area contributed by atoms with Crippen LogP contribution in [0.3, 0.4) is 0 Å². The fraction of sp³-hybridized carbons (Fsp3) is 0.333. The van der Waals surface area contributed by atoms with E-state index >= 15 is 0 Å². The molecule has 0 bridgehead atoms. The molecule has 0 radical (unpaired) electrons. The minimum atomic E-state index is -5.93. The molecule has 0 N–H and O–H groups in total. The van der Waals surface area contributed by atoms with Crippen molar-refractivity contribution >= 4 is 20.9 Å². The number of ether oxygens (including phenoxy) is 1. The van der Waals surface area contributed by atoms with Gasteiger partial charge in [-0.2, -0.15) is 21.6 Å². The predicted octanol–water partition coefficient (Wildman–Crippen LogP) is 4.00. The van der Waals surface area contributed by atoms with Gasteiger partial charge in [-0.1, -0.05) is 6.07 Å². The SMILES string of the molecule is O=S(=O)(Oc1ccc2cc(OCC3CC3)ccc2c1F)C(F)(F)F. The Morgan fingerprint density at radius 3 is 2.46 bits per heavy atom. The molecule has 0 unspecified atom stereocenters. The molecule has 130 valence electrons. The Labute approximate surface area is 135 Å². The predicted molar refractivity (Wildman–Crippen MR) is 77.7 cm³/mol. The average molecular weight is 364 g/mol. The Hall–Kier alpha value is -2.03. The number of hydrogen-bond donors (Lipinski definition) is 0. The molecule has 0 heterocycles. The van der Waals surface area contributed by atoms with Gasteiger partial charge in [-0.25, -0.2) is 4.39 Å². The lowest BCUT2D eigenvalue weighted by Crippen LogP contribution is -2.28. The van der Waals surface area contributed by atoms with E-state index in [9.17, 15) is 26.0 Å². The minimum absolute atomic E-state index is 0.0661. The molecule has 1 saturated carbocycles. The number of hydrogen-bond acceptors (Lipinski definition) is 4. The van der Waals surface area contributed by atoms with Crippen LogP contribution in [0, 0.1) is 11.7 Å². The first-order chi connectivity index (χ1) is 11.2. The van der Waals surface area contributed by atoms with Crippen molar-refractivity contribution < 1.29 is 34.9 Å². The molecule has 4 nitrogen and oxygen atoms in total. The summed E-state index contributed by atoms with van der Waals surface area (Å²) in [6.07, 6.45) is 2.22. The fourth-order valence-corrected chi connectivity index (χ4v) is 2.53. The third-order valence-electron chi connectivity index (χ3n) is 3.56. The van der Waals surface area contributed by atoms with Crippen LogP contribution >= 0.6 is 0 Å². The van der Waals surface area contributed by atoms with Gasteiger partial charge < -0.3 is 8.92 Å². The number of alkyl halides is 3. The topological polar surface area (TPSA) is 52.6 Å². The van der Waals surface area contributed by atoms with Crippen LogP contribution in [-0.2, 0) is 10.1 Å². The van der Waals surface area contributed by atoms with E-state index in [0.717, 1.165) is 18.9 Å². The monoisotopic (exact) mass is 364 g/mol.